The molecule has 1 amide bonds. The molecule has 1 N–H and O–H groups in total. The quantitative estimate of drug-likeness (QED) is 0.906. The molecule has 0 radical (unpaired) electrons. The van der Waals surface area contributed by atoms with Crippen molar-refractivity contribution >= 4 is 11.9 Å². The van der Waals surface area contributed by atoms with E-state index in [9.17, 15) is 9.59 Å². The number of carboxylic acid groups (broad SMARTS) is 1. The van der Waals surface area contributed by atoms with E-state index in [4.69, 9.17) is 9.84 Å². The first kappa shape index (κ1) is 16.3. The Morgan fingerprint density at radius 3 is 2.77 bits per heavy atom. The molecule has 0 spiro atoms. The Balaban J connectivity index is 2.04. The highest BCUT2D eigenvalue weighted by molar-refractivity contribution is 5.80. The number of aliphatic carboxylic acids is 1. The highest BCUT2D eigenvalue weighted by Gasteiger charge is 2.28. The van der Waals surface area contributed by atoms with Crippen LogP contribution in [-0.4, -0.2) is 41.1 Å². The molecular formula is C17H23NO4. The maximum absolute atomic E-state index is 12.5. The minimum absolute atomic E-state index is 0.0363. The van der Waals surface area contributed by atoms with Gasteiger partial charge in [0.15, 0.2) is 0 Å². The summed E-state index contributed by atoms with van der Waals surface area (Å²) in [6.45, 7) is 4.83. The molecule has 1 aliphatic heterocycles. The zero-order valence-electron chi connectivity index (χ0n) is 13.1. The van der Waals surface area contributed by atoms with Crippen LogP contribution in [0.3, 0.4) is 0 Å². The van der Waals surface area contributed by atoms with E-state index in [0.717, 1.165) is 17.7 Å². The molecule has 120 valence electrons. The van der Waals surface area contributed by atoms with E-state index in [0.29, 0.717) is 19.5 Å². The fraction of sp³-hybridized carbons (Fsp3) is 0.529. The van der Waals surface area contributed by atoms with E-state index in [2.05, 4.69) is 0 Å². The zero-order chi connectivity index (χ0) is 16.1. The molecule has 1 saturated heterocycles. The molecule has 1 aromatic rings. The largest absolute Gasteiger partial charge is 0.491 e. The van der Waals surface area contributed by atoms with Gasteiger partial charge in [-0.3, -0.25) is 9.59 Å². The number of amides is 1. The van der Waals surface area contributed by atoms with Gasteiger partial charge in [-0.15, -0.1) is 0 Å². The lowest BCUT2D eigenvalue weighted by Gasteiger charge is -2.31. The number of likely N-dealkylation sites (tertiary alicyclic amines) is 1. The molecule has 1 heterocycles. The van der Waals surface area contributed by atoms with Gasteiger partial charge in [0.1, 0.15) is 5.75 Å². The van der Waals surface area contributed by atoms with Gasteiger partial charge in [0, 0.05) is 18.7 Å². The summed E-state index contributed by atoms with van der Waals surface area (Å²) >= 11 is 0. The van der Waals surface area contributed by atoms with E-state index >= 15 is 0 Å². The Morgan fingerprint density at radius 1 is 1.36 bits per heavy atom. The Hall–Kier alpha value is -2.04. The molecule has 5 heteroatoms. The summed E-state index contributed by atoms with van der Waals surface area (Å²) in [5, 5.41) is 9.11. The standard InChI is InChI=1S/C17H23NO4/c1-12(2)22-15-8-4-3-6-13(15)10-16(19)18-9-5-7-14(11-18)17(20)21/h3-4,6,8,12,14H,5,7,9-11H2,1-2H3,(H,20,21). The number of rotatable bonds is 5. The van der Waals surface area contributed by atoms with Crippen molar-refractivity contribution in [3.05, 3.63) is 29.8 Å². The minimum atomic E-state index is -0.818. The molecule has 1 aromatic carbocycles. The lowest BCUT2D eigenvalue weighted by Crippen LogP contribution is -2.43. The van der Waals surface area contributed by atoms with Crippen LogP contribution in [0.4, 0.5) is 0 Å². The fourth-order valence-corrected chi connectivity index (χ4v) is 2.70. The van der Waals surface area contributed by atoms with Crippen molar-refractivity contribution in [1.82, 2.24) is 4.90 Å². The number of carbonyl (C=O) groups is 2. The van der Waals surface area contributed by atoms with Gasteiger partial charge in [-0.2, -0.15) is 0 Å². The molecule has 5 nitrogen and oxygen atoms in total. The Morgan fingerprint density at radius 2 is 2.09 bits per heavy atom. The average molecular weight is 305 g/mol. The second-order valence-corrected chi connectivity index (χ2v) is 5.97. The Bertz CT molecular complexity index is 541. The normalized spacial score (nSPS) is 18.3. The molecule has 0 aliphatic carbocycles. The molecule has 1 aliphatic rings. The van der Waals surface area contributed by atoms with Crippen molar-refractivity contribution in [3.63, 3.8) is 0 Å². The first-order chi connectivity index (χ1) is 10.5. The highest BCUT2D eigenvalue weighted by atomic mass is 16.5. The number of ether oxygens (including phenoxy) is 1. The Kier molecular flexibility index (Phi) is 5.41. The molecule has 0 aromatic heterocycles. The van der Waals surface area contributed by atoms with Crippen molar-refractivity contribution in [2.45, 2.75) is 39.2 Å². The third kappa shape index (κ3) is 4.23. The van der Waals surface area contributed by atoms with E-state index in [1.165, 1.54) is 0 Å². The molecule has 2 rings (SSSR count). The summed E-state index contributed by atoms with van der Waals surface area (Å²) in [5.74, 6) is -0.579. The SMILES string of the molecule is CC(C)Oc1ccccc1CC(=O)N1CCCC(C(=O)O)C1. The van der Waals surface area contributed by atoms with Gasteiger partial charge in [-0.1, -0.05) is 18.2 Å². The second-order valence-electron chi connectivity index (χ2n) is 5.97. The third-order valence-corrected chi connectivity index (χ3v) is 3.80. The van der Waals surface area contributed by atoms with Gasteiger partial charge < -0.3 is 14.7 Å². The zero-order valence-corrected chi connectivity index (χ0v) is 13.1. The van der Waals surface area contributed by atoms with Gasteiger partial charge in [-0.25, -0.2) is 0 Å². The van der Waals surface area contributed by atoms with Crippen molar-refractivity contribution in [2.75, 3.05) is 13.1 Å². The number of para-hydroxylation sites is 1. The van der Waals surface area contributed by atoms with E-state index in [-0.39, 0.29) is 18.4 Å². The van der Waals surface area contributed by atoms with Crippen molar-refractivity contribution < 1.29 is 19.4 Å². The monoisotopic (exact) mass is 305 g/mol. The van der Waals surface area contributed by atoms with Crippen LogP contribution in [0.15, 0.2) is 24.3 Å². The Labute approximate surface area is 130 Å². The number of hydrogen-bond acceptors (Lipinski definition) is 3. The predicted molar refractivity (Wildman–Crippen MR) is 82.8 cm³/mol. The molecule has 1 unspecified atom stereocenters. The minimum Gasteiger partial charge on any atom is -0.491 e. The van der Waals surface area contributed by atoms with Gasteiger partial charge >= 0.3 is 5.97 Å². The summed E-state index contributed by atoms with van der Waals surface area (Å²) in [6.07, 6.45) is 1.68. The number of hydrogen-bond donors (Lipinski definition) is 1. The van der Waals surface area contributed by atoms with Crippen molar-refractivity contribution in [2.24, 2.45) is 5.92 Å². The summed E-state index contributed by atoms with van der Waals surface area (Å²) in [4.78, 5) is 25.2. The van der Waals surface area contributed by atoms with Crippen LogP contribution >= 0.6 is 0 Å². The maximum atomic E-state index is 12.5. The smallest absolute Gasteiger partial charge is 0.308 e. The first-order valence-electron chi connectivity index (χ1n) is 7.72. The topological polar surface area (TPSA) is 66.8 Å². The number of piperidine rings is 1. The van der Waals surface area contributed by atoms with Crippen LogP contribution in [0.5, 0.6) is 5.75 Å². The average Bonchev–Trinajstić information content (AvgIpc) is 2.49. The summed E-state index contributed by atoms with van der Waals surface area (Å²) < 4.78 is 5.73. The molecule has 1 atom stereocenters. The predicted octanol–water partition coefficient (Wildman–Crippen LogP) is 2.34. The molecule has 0 saturated carbocycles. The van der Waals surface area contributed by atoms with Gasteiger partial charge in [0.05, 0.1) is 18.4 Å². The van der Waals surface area contributed by atoms with Crippen LogP contribution in [-0.2, 0) is 16.0 Å². The van der Waals surface area contributed by atoms with Gasteiger partial charge in [0.2, 0.25) is 5.91 Å². The van der Waals surface area contributed by atoms with Crippen LogP contribution in [0.1, 0.15) is 32.3 Å². The first-order valence-corrected chi connectivity index (χ1v) is 7.72. The third-order valence-electron chi connectivity index (χ3n) is 3.80. The highest BCUT2D eigenvalue weighted by Crippen LogP contribution is 2.22. The van der Waals surface area contributed by atoms with Crippen LogP contribution in [0.2, 0.25) is 0 Å². The van der Waals surface area contributed by atoms with Crippen LogP contribution < -0.4 is 4.74 Å². The molecule has 0 bridgehead atoms. The van der Waals surface area contributed by atoms with Crippen molar-refractivity contribution in [3.8, 4) is 5.75 Å². The van der Waals surface area contributed by atoms with E-state index < -0.39 is 11.9 Å². The lowest BCUT2D eigenvalue weighted by atomic mass is 9.97. The van der Waals surface area contributed by atoms with Crippen molar-refractivity contribution in [1.29, 1.82) is 0 Å². The molecule has 1 fully saturated rings. The summed E-state index contributed by atoms with van der Waals surface area (Å²) in [6, 6.07) is 7.51. The summed E-state index contributed by atoms with van der Waals surface area (Å²) in [7, 11) is 0. The number of nitrogens with zero attached hydrogens (tertiary/aromatic N) is 1. The van der Waals surface area contributed by atoms with Gasteiger partial charge in [0.25, 0.3) is 0 Å². The second kappa shape index (κ2) is 7.29. The number of carbonyl (C=O) groups excluding carboxylic acids is 1. The maximum Gasteiger partial charge on any atom is 0.308 e. The fourth-order valence-electron chi connectivity index (χ4n) is 2.70. The van der Waals surface area contributed by atoms with Crippen LogP contribution in [0.25, 0.3) is 0 Å². The summed E-state index contributed by atoms with van der Waals surface area (Å²) in [5.41, 5.74) is 0.846. The lowest BCUT2D eigenvalue weighted by molar-refractivity contribution is -0.145. The molecular weight excluding hydrogens is 282 g/mol. The van der Waals surface area contributed by atoms with E-state index in [1.807, 2.05) is 38.1 Å². The number of carboxylic acids is 1. The number of benzene rings is 1. The van der Waals surface area contributed by atoms with E-state index in [1.54, 1.807) is 4.90 Å². The van der Waals surface area contributed by atoms with Crippen LogP contribution in [0, 0.1) is 5.92 Å². The van der Waals surface area contributed by atoms with Gasteiger partial charge in [-0.05, 0) is 32.8 Å². The molecule has 22 heavy (non-hydrogen) atoms.